The maximum absolute atomic E-state index is 12.7. The zero-order chi connectivity index (χ0) is 18.4. The maximum atomic E-state index is 12.7. The molecule has 0 aromatic heterocycles. The SMILES string of the molecule is CC(Sc1ccccc1)C(=O)N1CCCN(C(=O)OC(C)(C)C)CC1. The largest absolute Gasteiger partial charge is 0.444 e. The van der Waals surface area contributed by atoms with Crippen molar-refractivity contribution in [2.24, 2.45) is 0 Å². The first-order valence-electron chi connectivity index (χ1n) is 8.75. The Balaban J connectivity index is 1.89. The Morgan fingerprint density at radius 1 is 1.04 bits per heavy atom. The molecule has 0 N–H and O–H groups in total. The molecule has 1 atom stereocenters. The maximum Gasteiger partial charge on any atom is 0.410 e. The van der Waals surface area contributed by atoms with Gasteiger partial charge in [-0.1, -0.05) is 18.2 Å². The van der Waals surface area contributed by atoms with Crippen LogP contribution in [0.1, 0.15) is 34.1 Å². The van der Waals surface area contributed by atoms with Gasteiger partial charge in [0.05, 0.1) is 5.25 Å². The van der Waals surface area contributed by atoms with E-state index >= 15 is 0 Å². The van der Waals surface area contributed by atoms with Crippen molar-refractivity contribution in [3.8, 4) is 0 Å². The van der Waals surface area contributed by atoms with Gasteiger partial charge in [0.15, 0.2) is 0 Å². The van der Waals surface area contributed by atoms with Crippen LogP contribution in [-0.4, -0.2) is 58.8 Å². The van der Waals surface area contributed by atoms with Crippen molar-refractivity contribution in [3.05, 3.63) is 30.3 Å². The van der Waals surface area contributed by atoms with Gasteiger partial charge in [-0.05, 0) is 46.2 Å². The zero-order valence-corrected chi connectivity index (χ0v) is 16.3. The highest BCUT2D eigenvalue weighted by Crippen LogP contribution is 2.24. The van der Waals surface area contributed by atoms with Gasteiger partial charge in [-0.25, -0.2) is 4.79 Å². The van der Waals surface area contributed by atoms with Crippen molar-refractivity contribution >= 4 is 23.8 Å². The van der Waals surface area contributed by atoms with Crippen molar-refractivity contribution in [1.82, 2.24) is 9.80 Å². The number of hydrogen-bond donors (Lipinski definition) is 0. The van der Waals surface area contributed by atoms with E-state index in [2.05, 4.69) is 0 Å². The molecule has 0 aliphatic carbocycles. The van der Waals surface area contributed by atoms with Crippen molar-refractivity contribution in [2.45, 2.75) is 49.9 Å². The Kier molecular flexibility index (Phi) is 6.76. The number of benzene rings is 1. The molecule has 0 saturated carbocycles. The number of thioether (sulfide) groups is 1. The topological polar surface area (TPSA) is 49.9 Å². The second-order valence-corrected chi connectivity index (χ2v) is 8.63. The third kappa shape index (κ3) is 6.27. The molecule has 0 spiro atoms. The van der Waals surface area contributed by atoms with Crippen molar-refractivity contribution in [3.63, 3.8) is 0 Å². The molecule has 6 heteroatoms. The minimum absolute atomic E-state index is 0.125. The van der Waals surface area contributed by atoms with Crippen LogP contribution in [0.4, 0.5) is 4.79 Å². The summed E-state index contributed by atoms with van der Waals surface area (Å²) in [6.07, 6.45) is 0.474. The fourth-order valence-corrected chi connectivity index (χ4v) is 3.63. The van der Waals surface area contributed by atoms with E-state index in [9.17, 15) is 9.59 Å². The number of nitrogens with zero attached hydrogens (tertiary/aromatic N) is 2. The van der Waals surface area contributed by atoms with Gasteiger partial charge in [-0.3, -0.25) is 4.79 Å². The monoisotopic (exact) mass is 364 g/mol. The lowest BCUT2D eigenvalue weighted by Crippen LogP contribution is -2.41. The fraction of sp³-hybridized carbons (Fsp3) is 0.579. The van der Waals surface area contributed by atoms with Crippen LogP contribution in [0.15, 0.2) is 35.2 Å². The van der Waals surface area contributed by atoms with Crippen molar-refractivity contribution in [2.75, 3.05) is 26.2 Å². The molecule has 1 fully saturated rings. The van der Waals surface area contributed by atoms with E-state index in [1.54, 1.807) is 16.7 Å². The molecule has 1 saturated heterocycles. The predicted octanol–water partition coefficient (Wildman–Crippen LogP) is 3.64. The molecule has 5 nitrogen and oxygen atoms in total. The van der Waals surface area contributed by atoms with E-state index in [0.29, 0.717) is 26.2 Å². The summed E-state index contributed by atoms with van der Waals surface area (Å²) < 4.78 is 5.43. The summed E-state index contributed by atoms with van der Waals surface area (Å²) in [4.78, 5) is 29.6. The first kappa shape index (κ1) is 19.6. The van der Waals surface area contributed by atoms with Gasteiger partial charge in [0.25, 0.3) is 0 Å². The Labute approximate surface area is 154 Å². The van der Waals surface area contributed by atoms with Crippen LogP contribution in [0.25, 0.3) is 0 Å². The summed E-state index contributed by atoms with van der Waals surface area (Å²) in [5.41, 5.74) is -0.500. The zero-order valence-electron chi connectivity index (χ0n) is 15.5. The van der Waals surface area contributed by atoms with E-state index in [1.165, 1.54) is 0 Å². The Morgan fingerprint density at radius 3 is 2.28 bits per heavy atom. The molecule has 1 aliphatic rings. The van der Waals surface area contributed by atoms with Gasteiger partial charge in [0.2, 0.25) is 5.91 Å². The molecular formula is C19H28N2O3S. The molecule has 138 valence electrons. The van der Waals surface area contributed by atoms with E-state index in [0.717, 1.165) is 11.3 Å². The number of hydrogen-bond acceptors (Lipinski definition) is 4. The molecule has 25 heavy (non-hydrogen) atoms. The Morgan fingerprint density at radius 2 is 1.64 bits per heavy atom. The van der Waals surface area contributed by atoms with Crippen LogP contribution in [0.3, 0.4) is 0 Å². The molecule has 0 bridgehead atoms. The lowest BCUT2D eigenvalue weighted by molar-refractivity contribution is -0.130. The van der Waals surface area contributed by atoms with Crippen LogP contribution in [0.5, 0.6) is 0 Å². The molecular weight excluding hydrogens is 336 g/mol. The summed E-state index contributed by atoms with van der Waals surface area (Å²) in [5.74, 6) is 0.125. The molecule has 1 aliphatic heterocycles. The fourth-order valence-electron chi connectivity index (χ4n) is 2.66. The number of carbonyl (C=O) groups is 2. The van der Waals surface area contributed by atoms with Crippen LogP contribution in [-0.2, 0) is 9.53 Å². The third-order valence-electron chi connectivity index (χ3n) is 3.86. The Bertz CT molecular complexity index is 586. The first-order chi connectivity index (χ1) is 11.8. The summed E-state index contributed by atoms with van der Waals surface area (Å²) in [6.45, 7) is 9.90. The van der Waals surface area contributed by atoms with Crippen LogP contribution in [0.2, 0.25) is 0 Å². The van der Waals surface area contributed by atoms with Crippen molar-refractivity contribution in [1.29, 1.82) is 0 Å². The summed E-state index contributed by atoms with van der Waals surface area (Å²) in [7, 11) is 0. The molecule has 0 radical (unpaired) electrons. The standard InChI is InChI=1S/C19H28N2O3S/c1-15(25-16-9-6-5-7-10-16)17(22)20-11-8-12-21(14-13-20)18(23)24-19(2,3)4/h5-7,9-10,15H,8,11-14H2,1-4H3. The lowest BCUT2D eigenvalue weighted by Gasteiger charge is -2.27. The lowest BCUT2D eigenvalue weighted by atomic mass is 10.2. The second-order valence-electron chi connectivity index (χ2n) is 7.22. The highest BCUT2D eigenvalue weighted by Gasteiger charge is 2.27. The molecule has 1 unspecified atom stereocenters. The van der Waals surface area contributed by atoms with Gasteiger partial charge in [0, 0.05) is 31.1 Å². The predicted molar refractivity (Wildman–Crippen MR) is 101 cm³/mol. The minimum Gasteiger partial charge on any atom is -0.444 e. The van der Waals surface area contributed by atoms with Crippen LogP contribution >= 0.6 is 11.8 Å². The number of amides is 2. The second kappa shape index (κ2) is 8.61. The van der Waals surface area contributed by atoms with E-state index in [4.69, 9.17) is 4.74 Å². The number of carbonyl (C=O) groups excluding carboxylic acids is 2. The van der Waals surface area contributed by atoms with Crippen molar-refractivity contribution < 1.29 is 14.3 Å². The summed E-state index contributed by atoms with van der Waals surface area (Å²) in [5, 5.41) is -0.143. The average Bonchev–Trinajstić information content (AvgIpc) is 2.79. The highest BCUT2D eigenvalue weighted by atomic mass is 32.2. The van der Waals surface area contributed by atoms with Crippen LogP contribution < -0.4 is 0 Å². The summed E-state index contributed by atoms with van der Waals surface area (Å²) in [6, 6.07) is 9.95. The van der Waals surface area contributed by atoms with Gasteiger partial charge in [-0.15, -0.1) is 11.8 Å². The molecule has 1 heterocycles. The minimum atomic E-state index is -0.500. The van der Waals surface area contributed by atoms with E-state index in [-0.39, 0.29) is 17.3 Å². The molecule has 2 rings (SSSR count). The molecule has 1 aromatic rings. The average molecular weight is 365 g/mol. The van der Waals surface area contributed by atoms with E-state index < -0.39 is 5.60 Å². The quantitative estimate of drug-likeness (QED) is 0.769. The molecule has 2 amide bonds. The van der Waals surface area contributed by atoms with Gasteiger partial charge >= 0.3 is 6.09 Å². The van der Waals surface area contributed by atoms with Crippen LogP contribution in [0, 0.1) is 0 Å². The third-order valence-corrected chi connectivity index (χ3v) is 4.96. The van der Waals surface area contributed by atoms with Gasteiger partial charge < -0.3 is 14.5 Å². The highest BCUT2D eigenvalue weighted by molar-refractivity contribution is 8.00. The normalized spacial score (nSPS) is 17.0. The van der Waals surface area contributed by atoms with Gasteiger partial charge in [-0.2, -0.15) is 0 Å². The molecule has 1 aromatic carbocycles. The Hall–Kier alpha value is -1.69. The smallest absolute Gasteiger partial charge is 0.410 e. The number of rotatable bonds is 3. The van der Waals surface area contributed by atoms with E-state index in [1.807, 2.05) is 62.9 Å². The number of ether oxygens (including phenoxy) is 1. The first-order valence-corrected chi connectivity index (χ1v) is 9.62. The summed E-state index contributed by atoms with van der Waals surface area (Å²) >= 11 is 1.57. The van der Waals surface area contributed by atoms with Gasteiger partial charge in [0.1, 0.15) is 5.60 Å².